The van der Waals surface area contributed by atoms with Gasteiger partial charge in [-0.25, -0.2) is 0 Å². The van der Waals surface area contributed by atoms with Crippen molar-refractivity contribution in [2.45, 2.75) is 86.0 Å². The number of aryl methyl sites for hydroxylation is 2. The summed E-state index contributed by atoms with van der Waals surface area (Å²) in [4.78, 5) is 0. The Bertz CT molecular complexity index is 355. The molecule has 0 fully saturated rings. The molecule has 0 aromatic heterocycles. The van der Waals surface area contributed by atoms with Gasteiger partial charge >= 0.3 is 0 Å². The summed E-state index contributed by atoms with van der Waals surface area (Å²) < 4.78 is 0. The Hall–Kier alpha value is -0.780. The van der Waals surface area contributed by atoms with Crippen molar-refractivity contribution in [3.8, 4) is 0 Å². The Kier molecular flexibility index (Phi) is 7.20. The van der Waals surface area contributed by atoms with Crippen LogP contribution in [0.1, 0.15) is 81.7 Å². The van der Waals surface area contributed by atoms with E-state index in [1.165, 1.54) is 51.4 Å². The Labute approximate surface area is 120 Å². The van der Waals surface area contributed by atoms with E-state index in [2.05, 4.69) is 40.7 Å². The molecule has 19 heavy (non-hydrogen) atoms. The molecule has 1 rings (SSSR count). The van der Waals surface area contributed by atoms with Gasteiger partial charge in [0.1, 0.15) is 0 Å². The largest absolute Gasteiger partial charge is 0.0651 e. The quantitative estimate of drug-likeness (QED) is 0.565. The molecule has 0 heterocycles. The van der Waals surface area contributed by atoms with E-state index in [0.717, 1.165) is 0 Å². The molecule has 0 aliphatic heterocycles. The van der Waals surface area contributed by atoms with Crippen molar-refractivity contribution in [2.24, 2.45) is 0 Å². The zero-order chi connectivity index (χ0) is 14.3. The van der Waals surface area contributed by atoms with Crippen LogP contribution in [0.3, 0.4) is 0 Å². The lowest BCUT2D eigenvalue weighted by Gasteiger charge is -2.21. The fraction of sp³-hybridized carbons (Fsp3) is 0.684. The van der Waals surface area contributed by atoms with Gasteiger partial charge in [0.15, 0.2) is 0 Å². The lowest BCUT2D eigenvalue weighted by molar-refractivity contribution is 0.818. The average molecular weight is 260 g/mol. The van der Waals surface area contributed by atoms with Crippen LogP contribution in [-0.4, -0.2) is 0 Å². The molecule has 1 aromatic rings. The fourth-order valence-corrected chi connectivity index (χ4v) is 3.37. The van der Waals surface area contributed by atoms with Crippen molar-refractivity contribution in [3.05, 3.63) is 33.9 Å². The van der Waals surface area contributed by atoms with Crippen LogP contribution in [0, 0.1) is 0 Å². The molecule has 0 saturated carbocycles. The van der Waals surface area contributed by atoms with E-state index in [9.17, 15) is 0 Å². The van der Waals surface area contributed by atoms with E-state index in [0.29, 0.717) is 0 Å². The van der Waals surface area contributed by atoms with Crippen LogP contribution in [0.4, 0.5) is 0 Å². The molecule has 0 saturated heterocycles. The van der Waals surface area contributed by atoms with Crippen LogP contribution in [0.15, 0.2) is 6.07 Å². The predicted octanol–water partition coefficient (Wildman–Crippen LogP) is 5.67. The lowest BCUT2D eigenvalue weighted by atomic mass is 9.84. The topological polar surface area (TPSA) is 0 Å². The Morgan fingerprint density at radius 2 is 1.00 bits per heavy atom. The molecule has 1 aromatic carbocycles. The highest BCUT2D eigenvalue weighted by molar-refractivity contribution is 5.47. The monoisotopic (exact) mass is 260 g/mol. The Morgan fingerprint density at radius 1 is 0.579 bits per heavy atom. The maximum Gasteiger partial charge on any atom is -0.0276 e. The van der Waals surface area contributed by atoms with Crippen LogP contribution in [0.25, 0.3) is 0 Å². The first kappa shape index (κ1) is 16.3. The van der Waals surface area contributed by atoms with Gasteiger partial charge in [-0.05, 0) is 59.9 Å². The molecule has 0 unspecified atom stereocenters. The van der Waals surface area contributed by atoms with E-state index >= 15 is 0 Å². The summed E-state index contributed by atoms with van der Waals surface area (Å²) in [7, 11) is 0. The molecule has 0 nitrogen and oxygen atoms in total. The highest BCUT2D eigenvalue weighted by Crippen LogP contribution is 2.28. The normalized spacial score (nSPS) is 11.0. The summed E-state index contributed by atoms with van der Waals surface area (Å²) >= 11 is 0. The molecule has 0 spiro atoms. The van der Waals surface area contributed by atoms with Crippen molar-refractivity contribution in [1.82, 2.24) is 0 Å². The molecular formula is C19H32. The van der Waals surface area contributed by atoms with E-state index in [4.69, 9.17) is 0 Å². The third kappa shape index (κ3) is 3.84. The van der Waals surface area contributed by atoms with E-state index in [1.807, 2.05) is 0 Å². The zero-order valence-electron chi connectivity index (χ0n) is 13.7. The first-order valence-corrected chi connectivity index (χ1v) is 8.38. The first-order valence-electron chi connectivity index (χ1n) is 8.38. The molecule has 0 atom stereocenters. The fourth-order valence-electron chi connectivity index (χ4n) is 3.37. The van der Waals surface area contributed by atoms with E-state index < -0.39 is 0 Å². The van der Waals surface area contributed by atoms with Gasteiger partial charge < -0.3 is 0 Å². The molecule has 0 amide bonds. The smallest absolute Gasteiger partial charge is 0.0276 e. The number of benzene rings is 1. The molecule has 108 valence electrons. The first-order chi connectivity index (χ1) is 9.23. The van der Waals surface area contributed by atoms with Gasteiger partial charge in [-0.1, -0.05) is 59.9 Å². The molecule has 0 aliphatic carbocycles. The van der Waals surface area contributed by atoms with Gasteiger partial charge in [0.2, 0.25) is 0 Å². The van der Waals surface area contributed by atoms with Crippen LogP contribution in [0.2, 0.25) is 0 Å². The Morgan fingerprint density at radius 3 is 1.32 bits per heavy atom. The third-order valence-corrected chi connectivity index (χ3v) is 4.10. The molecule has 0 bridgehead atoms. The van der Waals surface area contributed by atoms with Gasteiger partial charge in [0.05, 0.1) is 0 Å². The van der Waals surface area contributed by atoms with Gasteiger partial charge in [-0.2, -0.15) is 0 Å². The van der Waals surface area contributed by atoms with Crippen LogP contribution in [-0.2, 0) is 32.1 Å². The second-order valence-electron chi connectivity index (χ2n) is 5.59. The summed E-state index contributed by atoms with van der Waals surface area (Å²) in [5.41, 5.74) is 8.30. The molecule has 0 aliphatic rings. The van der Waals surface area contributed by atoms with Crippen molar-refractivity contribution < 1.29 is 0 Å². The summed E-state index contributed by atoms with van der Waals surface area (Å²) in [6.45, 7) is 11.6. The van der Waals surface area contributed by atoms with E-state index in [-0.39, 0.29) is 0 Å². The van der Waals surface area contributed by atoms with Crippen LogP contribution >= 0.6 is 0 Å². The van der Waals surface area contributed by atoms with Crippen molar-refractivity contribution >= 4 is 0 Å². The number of hydrogen-bond donors (Lipinski definition) is 0. The van der Waals surface area contributed by atoms with Crippen LogP contribution < -0.4 is 0 Å². The number of rotatable bonds is 8. The summed E-state index contributed by atoms with van der Waals surface area (Å²) in [6.07, 6.45) is 9.95. The van der Waals surface area contributed by atoms with Gasteiger partial charge in [0, 0.05) is 0 Å². The number of hydrogen-bond acceptors (Lipinski definition) is 0. The van der Waals surface area contributed by atoms with E-state index in [1.54, 1.807) is 27.8 Å². The van der Waals surface area contributed by atoms with Gasteiger partial charge in [-0.15, -0.1) is 0 Å². The molecular weight excluding hydrogens is 228 g/mol. The molecule has 0 N–H and O–H groups in total. The SMILES string of the molecule is CCCc1cc(CCC)c(CC)c(CCC)c1CC. The van der Waals surface area contributed by atoms with Crippen molar-refractivity contribution in [3.63, 3.8) is 0 Å². The maximum absolute atomic E-state index is 2.53. The maximum atomic E-state index is 2.53. The molecule has 0 heteroatoms. The van der Waals surface area contributed by atoms with Crippen molar-refractivity contribution in [2.75, 3.05) is 0 Å². The minimum Gasteiger partial charge on any atom is -0.0651 e. The second kappa shape index (κ2) is 8.40. The highest BCUT2D eigenvalue weighted by atomic mass is 14.2. The summed E-state index contributed by atoms with van der Waals surface area (Å²) in [5.74, 6) is 0. The highest BCUT2D eigenvalue weighted by Gasteiger charge is 2.14. The summed E-state index contributed by atoms with van der Waals surface area (Å²) in [6, 6.07) is 2.53. The van der Waals surface area contributed by atoms with Gasteiger partial charge in [0.25, 0.3) is 0 Å². The molecule has 0 radical (unpaired) electrons. The summed E-state index contributed by atoms with van der Waals surface area (Å²) in [5, 5.41) is 0. The van der Waals surface area contributed by atoms with Gasteiger partial charge in [-0.3, -0.25) is 0 Å². The third-order valence-electron chi connectivity index (χ3n) is 4.10. The lowest BCUT2D eigenvalue weighted by Crippen LogP contribution is -2.08. The average Bonchev–Trinajstić information content (AvgIpc) is 2.40. The predicted molar refractivity (Wildman–Crippen MR) is 87.2 cm³/mol. The second-order valence-corrected chi connectivity index (χ2v) is 5.59. The minimum absolute atomic E-state index is 1.20. The minimum atomic E-state index is 1.20. The zero-order valence-corrected chi connectivity index (χ0v) is 13.7. The van der Waals surface area contributed by atoms with Crippen molar-refractivity contribution in [1.29, 1.82) is 0 Å². The Balaban J connectivity index is 3.41. The standard InChI is InChI=1S/C19H32/c1-6-11-15-14-16(12-7-2)18(10-5)19(13-8-3)17(15)9-4/h14H,6-13H2,1-5H3. The van der Waals surface area contributed by atoms with Crippen LogP contribution in [0.5, 0.6) is 0 Å².